The lowest BCUT2D eigenvalue weighted by molar-refractivity contribution is -0.470. The monoisotopic (exact) mass is 656 g/mol. The largest absolute Gasteiger partial charge is 0.481 e. The average molecular weight is 656 g/mol. The summed E-state index contributed by atoms with van der Waals surface area (Å²) in [6, 6.07) is 0. The molecule has 4 nitrogen and oxygen atoms in total. The summed E-state index contributed by atoms with van der Waals surface area (Å²) in [5, 5.41) is 17.5. The number of halogens is 19. The van der Waals surface area contributed by atoms with E-state index in [-0.39, 0.29) is 6.42 Å². The molecule has 0 fully saturated rings. The Bertz CT molecular complexity index is 942. The van der Waals surface area contributed by atoms with Crippen LogP contribution < -0.4 is 0 Å². The van der Waals surface area contributed by atoms with Gasteiger partial charge in [0.05, 0.1) is 5.92 Å². The molecule has 0 saturated heterocycles. The number of unbranched alkanes of at least 4 members (excludes halogenated alkanes) is 2. The third-order valence-corrected chi connectivity index (χ3v) is 5.66. The summed E-state index contributed by atoms with van der Waals surface area (Å²) in [6.07, 6.45) is -11.4. The van der Waals surface area contributed by atoms with E-state index >= 15 is 0 Å². The third-order valence-electron chi connectivity index (χ3n) is 5.66. The predicted molar refractivity (Wildman–Crippen MR) is 92.0 cm³/mol. The molecular formula is C18H15F19O4. The highest BCUT2D eigenvalue weighted by Gasteiger charge is 2.97. The minimum atomic E-state index is -9.13. The van der Waals surface area contributed by atoms with Crippen LogP contribution in [0.1, 0.15) is 32.6 Å². The minimum Gasteiger partial charge on any atom is -0.481 e. The summed E-state index contributed by atoms with van der Waals surface area (Å²) < 4.78 is 257. The maximum atomic E-state index is 14.6. The van der Waals surface area contributed by atoms with E-state index < -0.39 is 96.6 Å². The fraction of sp³-hybridized carbons (Fsp3) is 0.889. The van der Waals surface area contributed by atoms with E-state index in [4.69, 9.17) is 10.2 Å². The van der Waals surface area contributed by atoms with Gasteiger partial charge in [-0.1, -0.05) is 26.2 Å². The van der Waals surface area contributed by atoms with Gasteiger partial charge in [-0.15, -0.1) is 0 Å². The summed E-state index contributed by atoms with van der Waals surface area (Å²) in [4.78, 5) is 22.1. The molecular weight excluding hydrogens is 641 g/mol. The molecule has 244 valence electrons. The van der Waals surface area contributed by atoms with Crippen LogP contribution in [0.2, 0.25) is 0 Å². The van der Waals surface area contributed by atoms with Crippen molar-refractivity contribution >= 4 is 11.9 Å². The lowest BCUT2D eigenvalue weighted by atomic mass is 9.77. The Morgan fingerprint density at radius 2 is 0.805 bits per heavy atom. The number of rotatable bonds is 15. The lowest BCUT2D eigenvalue weighted by Crippen LogP contribution is -2.76. The van der Waals surface area contributed by atoms with Gasteiger partial charge in [0, 0.05) is 0 Å². The highest BCUT2D eigenvalue weighted by Crippen LogP contribution is 2.66. The summed E-state index contributed by atoms with van der Waals surface area (Å²) in [5.41, 5.74) is 0. The minimum absolute atomic E-state index is 0.0915. The van der Waals surface area contributed by atoms with E-state index in [1.807, 2.05) is 0 Å². The number of carboxylic acid groups (broad SMARTS) is 2. The molecule has 0 heterocycles. The fourth-order valence-corrected chi connectivity index (χ4v) is 3.23. The molecule has 0 saturated carbocycles. The van der Waals surface area contributed by atoms with Crippen LogP contribution >= 0.6 is 0 Å². The summed E-state index contributed by atoms with van der Waals surface area (Å²) >= 11 is 0. The number of aliphatic carboxylic acids is 2. The van der Waals surface area contributed by atoms with Crippen molar-refractivity contribution in [2.24, 2.45) is 11.8 Å². The Balaban J connectivity index is 7.28. The summed E-state index contributed by atoms with van der Waals surface area (Å²) in [7, 11) is 0. The zero-order chi connectivity index (χ0) is 33.6. The van der Waals surface area contributed by atoms with Gasteiger partial charge in [-0.2, -0.15) is 83.4 Å². The first-order valence-corrected chi connectivity index (χ1v) is 10.3. The van der Waals surface area contributed by atoms with E-state index in [9.17, 15) is 93.0 Å². The van der Waals surface area contributed by atoms with E-state index in [2.05, 4.69) is 0 Å². The second kappa shape index (κ2) is 11.0. The molecule has 23 heteroatoms. The zero-order valence-corrected chi connectivity index (χ0v) is 19.4. The standard InChI is InChI=1S/C18H15F19O4/c1-2-3-4-5-6(7(8(38)39)9(40)41)10(19,20)11(21,22)12(23,24)13(25,26)14(27,28)15(29,30)16(31,32)17(33,34)18(35,36)37/h6-7H,2-5H2,1H3,(H,38,39)(H,40,41). The number of hydrogen-bond donors (Lipinski definition) is 2. The lowest BCUT2D eigenvalue weighted by Gasteiger charge is -2.45. The van der Waals surface area contributed by atoms with Crippen molar-refractivity contribution in [3.63, 3.8) is 0 Å². The van der Waals surface area contributed by atoms with Crippen LogP contribution in [-0.4, -0.2) is 75.7 Å². The molecule has 0 bridgehead atoms. The van der Waals surface area contributed by atoms with Crippen molar-refractivity contribution in [1.29, 1.82) is 0 Å². The molecule has 0 spiro atoms. The zero-order valence-electron chi connectivity index (χ0n) is 19.4. The highest BCUT2D eigenvalue weighted by atomic mass is 19.4. The molecule has 2 N–H and O–H groups in total. The SMILES string of the molecule is CCCCCC(C(C(=O)O)C(=O)O)C(F)(F)C(F)(F)C(F)(F)C(F)(F)C(F)(F)C(F)(F)C(F)(F)C(F)(F)C(F)(F)F. The topological polar surface area (TPSA) is 74.6 Å². The Kier molecular flexibility index (Phi) is 10.4. The van der Waals surface area contributed by atoms with Gasteiger partial charge in [0.25, 0.3) is 0 Å². The van der Waals surface area contributed by atoms with Crippen LogP contribution in [-0.2, 0) is 9.59 Å². The van der Waals surface area contributed by atoms with Gasteiger partial charge in [-0.25, -0.2) is 0 Å². The molecule has 0 rings (SSSR count). The normalized spacial score (nSPS) is 16.2. The Morgan fingerprint density at radius 1 is 0.512 bits per heavy atom. The molecule has 0 amide bonds. The highest BCUT2D eigenvalue weighted by molar-refractivity contribution is 5.93. The van der Waals surface area contributed by atoms with Gasteiger partial charge < -0.3 is 10.2 Å². The molecule has 0 aromatic carbocycles. The first-order valence-electron chi connectivity index (χ1n) is 10.3. The Labute approximate surface area is 214 Å². The van der Waals surface area contributed by atoms with E-state index in [1.165, 1.54) is 6.92 Å². The molecule has 1 atom stereocenters. The molecule has 0 radical (unpaired) electrons. The van der Waals surface area contributed by atoms with Crippen molar-refractivity contribution in [1.82, 2.24) is 0 Å². The Morgan fingerprint density at radius 3 is 1.07 bits per heavy atom. The van der Waals surface area contributed by atoms with Gasteiger partial charge in [-0.3, -0.25) is 9.59 Å². The van der Waals surface area contributed by atoms with Gasteiger partial charge in [0.2, 0.25) is 0 Å². The van der Waals surface area contributed by atoms with Crippen molar-refractivity contribution in [3.8, 4) is 0 Å². The number of hydrogen-bond acceptors (Lipinski definition) is 2. The quantitative estimate of drug-likeness (QED) is 0.108. The first-order chi connectivity index (χ1) is 17.7. The molecule has 0 aromatic rings. The molecule has 0 aliphatic rings. The van der Waals surface area contributed by atoms with Crippen LogP contribution in [0.3, 0.4) is 0 Å². The van der Waals surface area contributed by atoms with Crippen molar-refractivity contribution in [2.75, 3.05) is 0 Å². The van der Waals surface area contributed by atoms with E-state index in [0.29, 0.717) is 0 Å². The van der Waals surface area contributed by atoms with Crippen molar-refractivity contribution in [2.45, 2.75) is 86.2 Å². The first kappa shape index (κ1) is 38.6. The second-order valence-electron chi connectivity index (χ2n) is 8.40. The molecule has 41 heavy (non-hydrogen) atoms. The van der Waals surface area contributed by atoms with Gasteiger partial charge in [-0.05, 0) is 6.42 Å². The van der Waals surface area contributed by atoms with Crippen LogP contribution in [0.4, 0.5) is 83.4 Å². The number of carboxylic acids is 2. The Hall–Kier alpha value is -2.39. The maximum absolute atomic E-state index is 14.6. The van der Waals surface area contributed by atoms with Crippen LogP contribution in [0.25, 0.3) is 0 Å². The molecule has 0 aliphatic carbocycles. The molecule has 1 unspecified atom stereocenters. The smallest absolute Gasteiger partial charge is 0.460 e. The van der Waals surface area contributed by atoms with Gasteiger partial charge in [0.15, 0.2) is 5.92 Å². The van der Waals surface area contributed by atoms with Crippen molar-refractivity contribution < 1.29 is 103 Å². The predicted octanol–water partition coefficient (Wildman–Crippen LogP) is 7.61. The maximum Gasteiger partial charge on any atom is 0.460 e. The van der Waals surface area contributed by atoms with Gasteiger partial charge >= 0.3 is 65.5 Å². The van der Waals surface area contributed by atoms with Crippen LogP contribution in [0.5, 0.6) is 0 Å². The van der Waals surface area contributed by atoms with Crippen LogP contribution in [0.15, 0.2) is 0 Å². The molecule has 0 aromatic heterocycles. The summed E-state index contributed by atoms with van der Waals surface area (Å²) in [6.45, 7) is 1.22. The average Bonchev–Trinajstić information content (AvgIpc) is 2.76. The number of alkyl halides is 19. The van der Waals surface area contributed by atoms with E-state index in [1.54, 1.807) is 0 Å². The molecule has 0 aliphatic heterocycles. The third kappa shape index (κ3) is 5.56. The van der Waals surface area contributed by atoms with E-state index in [0.717, 1.165) is 0 Å². The second-order valence-corrected chi connectivity index (χ2v) is 8.40. The van der Waals surface area contributed by atoms with Crippen LogP contribution in [0, 0.1) is 11.8 Å². The fourth-order valence-electron chi connectivity index (χ4n) is 3.23. The van der Waals surface area contributed by atoms with Crippen molar-refractivity contribution in [3.05, 3.63) is 0 Å². The van der Waals surface area contributed by atoms with Gasteiger partial charge in [0.1, 0.15) is 0 Å². The number of carbonyl (C=O) groups is 2. The summed E-state index contributed by atoms with van der Waals surface area (Å²) in [5.74, 6) is -83.1.